The van der Waals surface area contributed by atoms with Crippen molar-refractivity contribution in [2.75, 3.05) is 0 Å². The van der Waals surface area contributed by atoms with Gasteiger partial charge in [-0.05, 0) is 146 Å². The fourth-order valence-corrected chi connectivity index (χ4v) is 14.9. The van der Waals surface area contributed by atoms with Crippen LogP contribution >= 0.6 is 0 Å². The van der Waals surface area contributed by atoms with Gasteiger partial charge in [0.25, 0.3) is 0 Å². The van der Waals surface area contributed by atoms with Crippen LogP contribution in [0.5, 0.6) is 0 Å². The number of nitrogens with zero attached hydrogens (tertiary/aromatic N) is 8. The second-order valence-corrected chi connectivity index (χ2v) is 25.1. The molecule has 5 aromatic heterocycles. The van der Waals surface area contributed by atoms with Gasteiger partial charge in [0.15, 0.2) is 17.5 Å². The first-order valence-corrected chi connectivity index (χ1v) is 33.5. The van der Waals surface area contributed by atoms with E-state index in [1.807, 2.05) is 72.9 Å². The third-order valence-electron chi connectivity index (χ3n) is 19.4. The molecule has 99 heavy (non-hydrogen) atoms. The topological polar surface area (TPSA) is 79.2 Å². The Morgan fingerprint density at radius 1 is 0.182 bits per heavy atom. The molecular weight excluding hydrogens is 1210 g/mol. The van der Waals surface area contributed by atoms with Gasteiger partial charge in [-0.1, -0.05) is 255 Å². The second kappa shape index (κ2) is 23.8. The Balaban J connectivity index is 0.000000143. The molecule has 0 spiro atoms. The molecular formula is C91H58N8. The number of aromatic nitrogens is 8. The van der Waals surface area contributed by atoms with Crippen molar-refractivity contribution < 1.29 is 0 Å². The lowest BCUT2D eigenvalue weighted by Crippen LogP contribution is -2.01. The minimum absolute atomic E-state index is 0.631. The molecule has 8 heteroatoms. The van der Waals surface area contributed by atoms with Crippen LogP contribution in [0.2, 0.25) is 0 Å². The standard InChI is InChI=1S/C51H33N5.C40H25N3/c1-4-15-34(16-5-1)49-52-50(35-17-6-2-7-18-35)54-51(53-49)38-19-14-22-40(31-38)56-46-26-13-11-24-42(46)44-33-37(28-30-48(44)56)36-27-29-47-43(32-36)41-23-10-12-25-45(41)55(47)39-20-8-3-9-21-39;1-2-14-31-29(12-1)30-13-3-4-15-32(30)36-25-27(20-21-33(31)36)26-10-9-11-28(24-26)37-22-23-41-40(42-37)43-38-18-7-5-16-34(38)35-17-6-8-19-39(35)43/h1-33H;1-25H. The van der Waals surface area contributed by atoms with Gasteiger partial charge in [-0.2, -0.15) is 0 Å². The van der Waals surface area contributed by atoms with Crippen LogP contribution in [0, 0.1) is 0 Å². The molecule has 0 saturated carbocycles. The fourth-order valence-electron chi connectivity index (χ4n) is 14.9. The number of rotatable bonds is 9. The Bertz CT molecular complexity index is 6400. The molecule has 462 valence electrons. The number of fused-ring (bicyclic) bond motifs is 15. The number of para-hydroxylation sites is 5. The van der Waals surface area contributed by atoms with E-state index in [4.69, 9.17) is 24.9 Å². The van der Waals surface area contributed by atoms with Crippen molar-refractivity contribution in [3.8, 4) is 85.0 Å². The zero-order valence-electron chi connectivity index (χ0n) is 53.6. The highest BCUT2D eigenvalue weighted by Crippen LogP contribution is 2.42. The summed E-state index contributed by atoms with van der Waals surface area (Å²) in [5, 5.41) is 15.0. The first kappa shape index (κ1) is 57.1. The number of benzene rings is 15. The summed E-state index contributed by atoms with van der Waals surface area (Å²) >= 11 is 0. The molecule has 8 nitrogen and oxygen atoms in total. The van der Waals surface area contributed by atoms with E-state index >= 15 is 0 Å². The predicted octanol–water partition coefficient (Wildman–Crippen LogP) is 23.1. The van der Waals surface area contributed by atoms with Crippen molar-refractivity contribution in [3.05, 3.63) is 352 Å². The summed E-state index contributed by atoms with van der Waals surface area (Å²) in [4.78, 5) is 24.8. The van der Waals surface area contributed by atoms with E-state index in [0.29, 0.717) is 23.4 Å². The molecule has 15 aromatic carbocycles. The number of hydrogen-bond acceptors (Lipinski definition) is 5. The SMILES string of the molecule is c1cc(-c2ccc3c4ccccc4c4ccccc4c3c2)cc(-c2ccnc(-n3c4ccccc4c4ccccc43)n2)c1.c1ccc(-c2nc(-c3ccccc3)nc(-c3cccc(-n4c5ccccc5c5cc(-c6ccc7c(c6)c6ccccc6n7-c6ccccc6)ccc54)c3)n2)cc1. The Labute approximate surface area is 569 Å². The van der Waals surface area contributed by atoms with Gasteiger partial charge in [-0.15, -0.1) is 0 Å². The second-order valence-electron chi connectivity index (χ2n) is 25.1. The molecule has 0 amide bonds. The molecule has 5 heterocycles. The van der Waals surface area contributed by atoms with Crippen LogP contribution in [0.1, 0.15) is 0 Å². The molecule has 20 rings (SSSR count). The highest BCUT2D eigenvalue weighted by atomic mass is 15.2. The minimum atomic E-state index is 0.631. The molecule has 0 aliphatic heterocycles. The lowest BCUT2D eigenvalue weighted by molar-refractivity contribution is 0.992. The van der Waals surface area contributed by atoms with Crippen LogP contribution in [-0.2, 0) is 0 Å². The first-order chi connectivity index (χ1) is 49.1. The maximum atomic E-state index is 5.10. The summed E-state index contributed by atoms with van der Waals surface area (Å²) < 4.78 is 6.88. The van der Waals surface area contributed by atoms with Crippen molar-refractivity contribution in [2.45, 2.75) is 0 Å². The largest absolute Gasteiger partial charge is 0.309 e. The van der Waals surface area contributed by atoms with Crippen LogP contribution in [0.3, 0.4) is 0 Å². The lowest BCUT2D eigenvalue weighted by Gasteiger charge is -2.12. The van der Waals surface area contributed by atoms with E-state index in [0.717, 1.165) is 67.0 Å². The fraction of sp³-hybridized carbons (Fsp3) is 0. The minimum Gasteiger partial charge on any atom is -0.309 e. The monoisotopic (exact) mass is 1260 g/mol. The quantitative estimate of drug-likeness (QED) is 0.135. The Morgan fingerprint density at radius 3 is 1.06 bits per heavy atom. The molecule has 0 fully saturated rings. The Morgan fingerprint density at radius 2 is 0.525 bits per heavy atom. The molecule has 20 aromatic rings. The van der Waals surface area contributed by atoms with Crippen molar-refractivity contribution >= 4 is 97.7 Å². The third-order valence-corrected chi connectivity index (χ3v) is 19.4. The molecule has 0 saturated heterocycles. The first-order valence-electron chi connectivity index (χ1n) is 33.5. The lowest BCUT2D eigenvalue weighted by atomic mass is 9.92. The summed E-state index contributed by atoms with van der Waals surface area (Å²) in [6.07, 6.45) is 1.86. The van der Waals surface area contributed by atoms with E-state index in [9.17, 15) is 0 Å². The van der Waals surface area contributed by atoms with Gasteiger partial charge in [0.2, 0.25) is 5.95 Å². The average Bonchev–Trinajstić information content (AvgIpc) is 1.71. The van der Waals surface area contributed by atoms with Crippen LogP contribution in [-0.4, -0.2) is 38.6 Å². The van der Waals surface area contributed by atoms with Gasteiger partial charge < -0.3 is 9.13 Å². The Kier molecular flexibility index (Phi) is 13.7. The zero-order chi connectivity index (χ0) is 65.3. The summed E-state index contributed by atoms with van der Waals surface area (Å²) in [7, 11) is 0. The van der Waals surface area contributed by atoms with Crippen LogP contribution < -0.4 is 0 Å². The van der Waals surface area contributed by atoms with Gasteiger partial charge in [-0.3, -0.25) is 4.57 Å². The summed E-state index contributed by atoms with van der Waals surface area (Å²) in [6.45, 7) is 0. The maximum absolute atomic E-state index is 5.10. The zero-order valence-corrected chi connectivity index (χ0v) is 53.6. The highest BCUT2D eigenvalue weighted by Gasteiger charge is 2.20. The maximum Gasteiger partial charge on any atom is 0.235 e. The van der Waals surface area contributed by atoms with Crippen LogP contribution in [0.25, 0.3) is 183 Å². The molecule has 0 unspecified atom stereocenters. The van der Waals surface area contributed by atoms with Crippen LogP contribution in [0.15, 0.2) is 352 Å². The summed E-state index contributed by atoms with van der Waals surface area (Å²) in [5.41, 5.74) is 18.6. The predicted molar refractivity (Wildman–Crippen MR) is 410 cm³/mol. The third kappa shape index (κ3) is 9.88. The van der Waals surface area contributed by atoms with E-state index in [-0.39, 0.29) is 0 Å². The van der Waals surface area contributed by atoms with Gasteiger partial charge >= 0.3 is 0 Å². The molecule has 0 aliphatic carbocycles. The van der Waals surface area contributed by atoms with Gasteiger partial charge in [0.1, 0.15) is 0 Å². The highest BCUT2D eigenvalue weighted by molar-refractivity contribution is 6.26. The number of hydrogen-bond donors (Lipinski definition) is 0. The molecule has 0 atom stereocenters. The van der Waals surface area contributed by atoms with Crippen molar-refractivity contribution in [1.29, 1.82) is 0 Å². The molecule has 0 bridgehead atoms. The summed E-state index contributed by atoms with van der Waals surface area (Å²) in [5.74, 6) is 2.59. The van der Waals surface area contributed by atoms with Crippen molar-refractivity contribution in [1.82, 2.24) is 38.6 Å². The van der Waals surface area contributed by atoms with Gasteiger partial charge in [0.05, 0.1) is 38.8 Å². The van der Waals surface area contributed by atoms with Crippen LogP contribution in [0.4, 0.5) is 0 Å². The summed E-state index contributed by atoms with van der Waals surface area (Å²) in [6, 6.07) is 122. The normalized spacial score (nSPS) is 11.6. The Hall–Kier alpha value is -13.4. The smallest absolute Gasteiger partial charge is 0.235 e. The van der Waals surface area contributed by atoms with E-state index < -0.39 is 0 Å². The van der Waals surface area contributed by atoms with Crippen molar-refractivity contribution in [2.24, 2.45) is 0 Å². The van der Waals surface area contributed by atoms with Crippen molar-refractivity contribution in [3.63, 3.8) is 0 Å². The molecule has 0 aliphatic rings. The van der Waals surface area contributed by atoms with Gasteiger partial charge in [-0.25, -0.2) is 24.9 Å². The molecule has 0 N–H and O–H groups in total. The van der Waals surface area contributed by atoms with E-state index in [2.05, 4.69) is 293 Å². The van der Waals surface area contributed by atoms with E-state index in [1.54, 1.807) is 0 Å². The molecule has 0 radical (unpaired) electrons. The van der Waals surface area contributed by atoms with Gasteiger partial charge in [0, 0.05) is 72.1 Å². The average molecular weight is 1260 g/mol. The van der Waals surface area contributed by atoms with E-state index in [1.165, 1.54) is 92.4 Å².